The number of nitrogens with one attached hydrogen (secondary N) is 1. The number of benzene rings is 1. The molecule has 1 heterocycles. The zero-order valence-corrected chi connectivity index (χ0v) is 9.11. The Morgan fingerprint density at radius 2 is 1.93 bits per heavy atom. The third-order valence-corrected chi connectivity index (χ3v) is 2.60. The largest absolute Gasteiger partial charge is 0.380 e. The van der Waals surface area contributed by atoms with E-state index in [-0.39, 0.29) is 0 Å². The van der Waals surface area contributed by atoms with Gasteiger partial charge in [-0.2, -0.15) is 0 Å². The van der Waals surface area contributed by atoms with Gasteiger partial charge in [0.25, 0.3) is 0 Å². The molecule has 1 aliphatic heterocycles. The molecule has 0 radical (unpaired) electrons. The molecule has 4 heteroatoms. The van der Waals surface area contributed by atoms with Gasteiger partial charge >= 0.3 is 0 Å². The van der Waals surface area contributed by atoms with E-state index in [2.05, 4.69) is 5.32 Å². The monoisotopic (exact) mass is 231 g/mol. The van der Waals surface area contributed by atoms with Crippen LogP contribution in [0, 0.1) is 0 Å². The van der Waals surface area contributed by atoms with E-state index in [1.165, 1.54) is 0 Å². The second-order valence-electron chi connectivity index (χ2n) is 3.36. The van der Waals surface area contributed by atoms with Crippen molar-refractivity contribution in [2.24, 2.45) is 0 Å². The first-order valence-corrected chi connectivity index (χ1v) is 5.30. The lowest BCUT2D eigenvalue weighted by Crippen LogP contribution is -2.18. The number of halogens is 2. The van der Waals surface area contributed by atoms with Gasteiger partial charge in [0.1, 0.15) is 0 Å². The average Bonchev–Trinajstić information content (AvgIpc) is 2.54. The van der Waals surface area contributed by atoms with Gasteiger partial charge in [-0.05, 0) is 24.6 Å². The highest BCUT2D eigenvalue weighted by Gasteiger charge is 2.15. The van der Waals surface area contributed by atoms with E-state index in [9.17, 15) is 0 Å². The van der Waals surface area contributed by atoms with Crippen LogP contribution in [0.25, 0.3) is 0 Å². The first-order chi connectivity index (χ1) is 6.74. The third kappa shape index (κ3) is 2.53. The van der Waals surface area contributed by atoms with E-state index >= 15 is 0 Å². The maximum Gasteiger partial charge on any atom is 0.0668 e. The molecule has 1 atom stereocenters. The standard InChI is InChI=1S/C10H11Cl2NO/c11-7-3-8(12)5-10(4-7)13-9-1-2-14-6-9/h3-5,9,13H,1-2,6H2. The molecule has 76 valence electrons. The molecule has 1 aromatic rings. The SMILES string of the molecule is Clc1cc(Cl)cc(NC2CCOC2)c1. The summed E-state index contributed by atoms with van der Waals surface area (Å²) in [5.41, 5.74) is 0.956. The van der Waals surface area contributed by atoms with Crippen LogP contribution in [0.5, 0.6) is 0 Å². The number of ether oxygens (including phenoxy) is 1. The van der Waals surface area contributed by atoms with Crippen LogP contribution in [0.3, 0.4) is 0 Å². The Labute approximate surface area is 93.2 Å². The quantitative estimate of drug-likeness (QED) is 0.845. The molecular weight excluding hydrogens is 221 g/mol. The van der Waals surface area contributed by atoms with Gasteiger partial charge in [-0.3, -0.25) is 0 Å². The fourth-order valence-electron chi connectivity index (χ4n) is 1.52. The Bertz CT molecular complexity index is 304. The van der Waals surface area contributed by atoms with Gasteiger partial charge < -0.3 is 10.1 Å². The molecule has 1 aliphatic rings. The van der Waals surface area contributed by atoms with Crippen LogP contribution >= 0.6 is 23.2 Å². The van der Waals surface area contributed by atoms with E-state index in [1.807, 2.05) is 12.1 Å². The molecule has 14 heavy (non-hydrogen) atoms. The summed E-state index contributed by atoms with van der Waals surface area (Å²) >= 11 is 11.8. The zero-order valence-electron chi connectivity index (χ0n) is 7.59. The summed E-state index contributed by atoms with van der Waals surface area (Å²) in [6, 6.07) is 5.83. The van der Waals surface area contributed by atoms with E-state index in [4.69, 9.17) is 27.9 Å². The van der Waals surface area contributed by atoms with E-state index in [0.717, 1.165) is 25.3 Å². The lowest BCUT2D eigenvalue weighted by Gasteiger charge is -2.12. The lowest BCUT2D eigenvalue weighted by atomic mass is 10.2. The normalized spacial score (nSPS) is 21.1. The Morgan fingerprint density at radius 3 is 2.50 bits per heavy atom. The molecule has 1 aromatic carbocycles. The van der Waals surface area contributed by atoms with Crippen LogP contribution in [0.2, 0.25) is 10.0 Å². The molecule has 0 aliphatic carbocycles. The summed E-state index contributed by atoms with van der Waals surface area (Å²) in [6.45, 7) is 1.58. The van der Waals surface area contributed by atoms with Gasteiger partial charge in [-0.1, -0.05) is 23.2 Å². The predicted octanol–water partition coefficient (Wildman–Crippen LogP) is 3.19. The van der Waals surface area contributed by atoms with Crippen LogP contribution in [-0.2, 0) is 4.74 Å². The summed E-state index contributed by atoms with van der Waals surface area (Å²) in [5.74, 6) is 0. The van der Waals surface area contributed by atoms with Crippen LogP contribution in [0.4, 0.5) is 5.69 Å². The highest BCUT2D eigenvalue weighted by molar-refractivity contribution is 6.35. The van der Waals surface area contributed by atoms with Crippen molar-refractivity contribution in [1.82, 2.24) is 0 Å². The Balaban J connectivity index is 2.07. The molecule has 1 N–H and O–H groups in total. The summed E-state index contributed by atoms with van der Waals surface area (Å²) in [6.07, 6.45) is 1.03. The molecule has 2 rings (SSSR count). The molecule has 0 saturated carbocycles. The topological polar surface area (TPSA) is 21.3 Å². The second-order valence-corrected chi connectivity index (χ2v) is 4.24. The van der Waals surface area contributed by atoms with E-state index in [1.54, 1.807) is 6.07 Å². The summed E-state index contributed by atoms with van der Waals surface area (Å²) < 4.78 is 5.26. The van der Waals surface area contributed by atoms with Crippen molar-refractivity contribution in [2.75, 3.05) is 18.5 Å². The summed E-state index contributed by atoms with van der Waals surface area (Å²) in [7, 11) is 0. The molecule has 0 spiro atoms. The van der Waals surface area contributed by atoms with Crippen LogP contribution in [0.1, 0.15) is 6.42 Å². The average molecular weight is 232 g/mol. The third-order valence-electron chi connectivity index (χ3n) is 2.16. The number of anilines is 1. The number of rotatable bonds is 2. The second kappa shape index (κ2) is 4.39. The van der Waals surface area contributed by atoms with Gasteiger partial charge in [0.15, 0.2) is 0 Å². The maximum absolute atomic E-state index is 5.88. The minimum atomic E-state index is 0.379. The van der Waals surface area contributed by atoms with Crippen LogP contribution in [-0.4, -0.2) is 19.3 Å². The van der Waals surface area contributed by atoms with Gasteiger partial charge in [0.2, 0.25) is 0 Å². The highest BCUT2D eigenvalue weighted by Crippen LogP contribution is 2.23. The predicted molar refractivity (Wildman–Crippen MR) is 59.3 cm³/mol. The molecule has 0 amide bonds. The first kappa shape index (κ1) is 10.1. The van der Waals surface area contributed by atoms with Crippen molar-refractivity contribution in [1.29, 1.82) is 0 Å². The van der Waals surface area contributed by atoms with Crippen LogP contribution < -0.4 is 5.32 Å². The van der Waals surface area contributed by atoms with Gasteiger partial charge in [-0.15, -0.1) is 0 Å². The van der Waals surface area contributed by atoms with E-state index < -0.39 is 0 Å². The van der Waals surface area contributed by atoms with Gasteiger partial charge in [-0.25, -0.2) is 0 Å². The van der Waals surface area contributed by atoms with Gasteiger partial charge in [0.05, 0.1) is 12.6 Å². The van der Waals surface area contributed by atoms with Crippen molar-refractivity contribution < 1.29 is 4.74 Å². The Morgan fingerprint density at radius 1 is 1.21 bits per heavy atom. The molecule has 1 unspecified atom stereocenters. The van der Waals surface area contributed by atoms with Gasteiger partial charge in [0, 0.05) is 22.3 Å². The minimum Gasteiger partial charge on any atom is -0.380 e. The van der Waals surface area contributed by atoms with Crippen molar-refractivity contribution >= 4 is 28.9 Å². The molecule has 1 fully saturated rings. The maximum atomic E-state index is 5.88. The summed E-state index contributed by atoms with van der Waals surface area (Å²) in [5, 5.41) is 4.63. The molecule has 0 aromatic heterocycles. The van der Waals surface area contributed by atoms with Crippen molar-refractivity contribution in [3.63, 3.8) is 0 Å². The minimum absolute atomic E-state index is 0.379. The Hall–Kier alpha value is -0.440. The van der Waals surface area contributed by atoms with Crippen molar-refractivity contribution in [3.05, 3.63) is 28.2 Å². The molecule has 0 bridgehead atoms. The lowest BCUT2D eigenvalue weighted by molar-refractivity contribution is 0.195. The molecule has 1 saturated heterocycles. The van der Waals surface area contributed by atoms with Crippen LogP contribution in [0.15, 0.2) is 18.2 Å². The number of hydrogen-bond donors (Lipinski definition) is 1. The number of hydrogen-bond acceptors (Lipinski definition) is 2. The fraction of sp³-hybridized carbons (Fsp3) is 0.400. The zero-order chi connectivity index (χ0) is 9.97. The smallest absolute Gasteiger partial charge is 0.0668 e. The molecule has 2 nitrogen and oxygen atoms in total. The fourth-order valence-corrected chi connectivity index (χ4v) is 2.05. The van der Waals surface area contributed by atoms with Crippen molar-refractivity contribution in [3.8, 4) is 0 Å². The Kier molecular flexibility index (Phi) is 3.16. The first-order valence-electron chi connectivity index (χ1n) is 4.54. The summed E-state index contributed by atoms with van der Waals surface area (Å²) in [4.78, 5) is 0. The van der Waals surface area contributed by atoms with Crippen molar-refractivity contribution in [2.45, 2.75) is 12.5 Å². The molecular formula is C10H11Cl2NO. The highest BCUT2D eigenvalue weighted by atomic mass is 35.5. The van der Waals surface area contributed by atoms with E-state index in [0.29, 0.717) is 16.1 Å².